The van der Waals surface area contributed by atoms with Crippen molar-refractivity contribution < 1.29 is 4.79 Å². The van der Waals surface area contributed by atoms with Gasteiger partial charge in [-0.3, -0.25) is 14.2 Å². The van der Waals surface area contributed by atoms with Crippen molar-refractivity contribution in [1.29, 1.82) is 0 Å². The summed E-state index contributed by atoms with van der Waals surface area (Å²) in [6.07, 6.45) is 1.24. The maximum absolute atomic E-state index is 13.0. The van der Waals surface area contributed by atoms with E-state index in [4.69, 9.17) is 5.10 Å². The standard InChI is InChI=1S/C24H25N5O2/c1-16-8-7-9-17(12-16)29-21(13-20(27-29)24(2,3)4)26-22(30)15-28-19-11-6-5-10-18(19)25-14-23(28)31/h5-14H,15H2,1-4H3,(H,26,30). The molecule has 0 spiro atoms. The van der Waals surface area contributed by atoms with E-state index in [2.05, 4.69) is 31.1 Å². The van der Waals surface area contributed by atoms with Crippen LogP contribution in [0.5, 0.6) is 0 Å². The molecule has 2 heterocycles. The Morgan fingerprint density at radius 2 is 1.84 bits per heavy atom. The van der Waals surface area contributed by atoms with Gasteiger partial charge in [0.15, 0.2) is 0 Å². The van der Waals surface area contributed by atoms with Gasteiger partial charge in [0, 0.05) is 11.5 Å². The molecule has 0 bridgehead atoms. The zero-order valence-electron chi connectivity index (χ0n) is 18.1. The van der Waals surface area contributed by atoms with E-state index in [1.54, 1.807) is 10.7 Å². The van der Waals surface area contributed by atoms with Crippen molar-refractivity contribution in [3.63, 3.8) is 0 Å². The highest BCUT2D eigenvalue weighted by Gasteiger charge is 2.22. The molecular weight excluding hydrogens is 390 g/mol. The van der Waals surface area contributed by atoms with E-state index >= 15 is 0 Å². The molecule has 2 aromatic heterocycles. The largest absolute Gasteiger partial charge is 0.309 e. The third-order valence-electron chi connectivity index (χ3n) is 5.05. The minimum atomic E-state index is -0.323. The lowest BCUT2D eigenvalue weighted by Crippen LogP contribution is -2.28. The van der Waals surface area contributed by atoms with E-state index in [0.717, 1.165) is 16.9 Å². The molecule has 2 aromatic carbocycles. The van der Waals surface area contributed by atoms with Gasteiger partial charge in [0.05, 0.1) is 28.6 Å². The lowest BCUT2D eigenvalue weighted by atomic mass is 9.92. The number of rotatable bonds is 4. The van der Waals surface area contributed by atoms with Crippen molar-refractivity contribution in [3.8, 4) is 5.69 Å². The third-order valence-corrected chi connectivity index (χ3v) is 5.05. The molecule has 4 rings (SSSR count). The number of amides is 1. The second-order valence-corrected chi connectivity index (χ2v) is 8.64. The number of aromatic nitrogens is 4. The summed E-state index contributed by atoms with van der Waals surface area (Å²) in [4.78, 5) is 29.5. The number of anilines is 1. The van der Waals surface area contributed by atoms with Gasteiger partial charge in [-0.05, 0) is 36.8 Å². The molecule has 0 saturated carbocycles. The molecule has 158 valence electrons. The predicted octanol–water partition coefficient (Wildman–Crippen LogP) is 3.83. The van der Waals surface area contributed by atoms with Crippen LogP contribution in [0.4, 0.5) is 5.82 Å². The van der Waals surface area contributed by atoms with Crippen molar-refractivity contribution in [2.75, 3.05) is 5.32 Å². The Kier molecular flexibility index (Phi) is 5.19. The summed E-state index contributed by atoms with van der Waals surface area (Å²) in [6.45, 7) is 8.11. The molecule has 1 amide bonds. The molecule has 31 heavy (non-hydrogen) atoms. The highest BCUT2D eigenvalue weighted by molar-refractivity contribution is 5.91. The molecule has 0 aliphatic heterocycles. The first-order chi connectivity index (χ1) is 14.7. The number of hydrogen-bond donors (Lipinski definition) is 1. The van der Waals surface area contributed by atoms with E-state index in [-0.39, 0.29) is 23.4 Å². The minimum Gasteiger partial charge on any atom is -0.309 e. The summed E-state index contributed by atoms with van der Waals surface area (Å²) >= 11 is 0. The highest BCUT2D eigenvalue weighted by Crippen LogP contribution is 2.26. The monoisotopic (exact) mass is 415 g/mol. The van der Waals surface area contributed by atoms with E-state index in [1.807, 2.05) is 55.5 Å². The number of aryl methyl sites for hydroxylation is 1. The average molecular weight is 415 g/mol. The quantitative estimate of drug-likeness (QED) is 0.549. The molecule has 0 radical (unpaired) electrons. The van der Waals surface area contributed by atoms with E-state index in [0.29, 0.717) is 16.9 Å². The zero-order valence-corrected chi connectivity index (χ0v) is 18.1. The molecule has 4 aromatic rings. The van der Waals surface area contributed by atoms with Crippen LogP contribution in [-0.2, 0) is 16.8 Å². The highest BCUT2D eigenvalue weighted by atomic mass is 16.2. The van der Waals surface area contributed by atoms with E-state index in [9.17, 15) is 9.59 Å². The Balaban J connectivity index is 1.70. The molecule has 0 saturated heterocycles. The summed E-state index contributed by atoms with van der Waals surface area (Å²) < 4.78 is 3.16. The van der Waals surface area contributed by atoms with E-state index < -0.39 is 0 Å². The smallest absolute Gasteiger partial charge is 0.269 e. The normalized spacial score (nSPS) is 11.6. The van der Waals surface area contributed by atoms with Gasteiger partial charge in [-0.2, -0.15) is 5.10 Å². The number of benzene rings is 2. The van der Waals surface area contributed by atoms with Gasteiger partial charge in [0.2, 0.25) is 5.91 Å². The number of carbonyl (C=O) groups is 1. The SMILES string of the molecule is Cc1cccc(-n2nc(C(C)(C)C)cc2NC(=O)Cn2c(=O)cnc3ccccc32)c1. The topological polar surface area (TPSA) is 81.8 Å². The molecular formula is C24H25N5O2. The van der Waals surface area contributed by atoms with Crippen molar-refractivity contribution in [1.82, 2.24) is 19.3 Å². The first-order valence-electron chi connectivity index (χ1n) is 10.1. The van der Waals surface area contributed by atoms with Crippen LogP contribution >= 0.6 is 0 Å². The molecule has 0 aliphatic carbocycles. The molecule has 0 unspecified atom stereocenters. The summed E-state index contributed by atoms with van der Waals surface area (Å²) in [7, 11) is 0. The van der Waals surface area contributed by atoms with Crippen LogP contribution in [0.3, 0.4) is 0 Å². The summed E-state index contributed by atoms with van der Waals surface area (Å²) in [5.74, 6) is 0.250. The second-order valence-electron chi connectivity index (χ2n) is 8.64. The zero-order chi connectivity index (χ0) is 22.2. The average Bonchev–Trinajstić information content (AvgIpc) is 3.14. The van der Waals surface area contributed by atoms with Gasteiger partial charge in [-0.25, -0.2) is 9.67 Å². The maximum atomic E-state index is 13.0. The maximum Gasteiger partial charge on any atom is 0.269 e. The lowest BCUT2D eigenvalue weighted by molar-refractivity contribution is -0.116. The van der Waals surface area contributed by atoms with Gasteiger partial charge in [0.1, 0.15) is 12.4 Å². The number of nitrogens with one attached hydrogen (secondary N) is 1. The van der Waals surface area contributed by atoms with Crippen molar-refractivity contribution in [2.45, 2.75) is 39.7 Å². The third kappa shape index (κ3) is 4.26. The number of carbonyl (C=O) groups excluding carboxylic acids is 1. The number of para-hydroxylation sites is 2. The molecule has 0 atom stereocenters. The lowest BCUT2D eigenvalue weighted by Gasteiger charge is -2.14. The van der Waals surface area contributed by atoms with Gasteiger partial charge in [-0.1, -0.05) is 45.0 Å². The minimum absolute atomic E-state index is 0.119. The van der Waals surface area contributed by atoms with Gasteiger partial charge >= 0.3 is 0 Å². The Hall–Kier alpha value is -3.74. The van der Waals surface area contributed by atoms with Gasteiger partial charge in [0.25, 0.3) is 5.56 Å². The van der Waals surface area contributed by atoms with Crippen LogP contribution in [0.2, 0.25) is 0 Å². The number of nitrogens with zero attached hydrogens (tertiary/aromatic N) is 4. The van der Waals surface area contributed by atoms with E-state index in [1.165, 1.54) is 10.8 Å². The Morgan fingerprint density at radius 3 is 2.58 bits per heavy atom. The Bertz CT molecular complexity index is 1330. The summed E-state index contributed by atoms with van der Waals surface area (Å²) in [5.41, 5.74) is 3.58. The summed E-state index contributed by atoms with van der Waals surface area (Å²) in [5, 5.41) is 7.69. The fourth-order valence-electron chi connectivity index (χ4n) is 3.40. The Morgan fingerprint density at radius 1 is 1.06 bits per heavy atom. The first-order valence-corrected chi connectivity index (χ1v) is 10.1. The molecule has 7 nitrogen and oxygen atoms in total. The first kappa shape index (κ1) is 20.5. The molecule has 7 heteroatoms. The number of hydrogen-bond acceptors (Lipinski definition) is 4. The Labute approximate surface area is 180 Å². The summed E-state index contributed by atoms with van der Waals surface area (Å²) in [6, 6.07) is 17.1. The van der Waals surface area contributed by atoms with Crippen LogP contribution in [0.25, 0.3) is 16.7 Å². The van der Waals surface area contributed by atoms with Gasteiger partial charge < -0.3 is 5.32 Å². The van der Waals surface area contributed by atoms with Crippen LogP contribution in [0.15, 0.2) is 65.6 Å². The van der Waals surface area contributed by atoms with Crippen molar-refractivity contribution in [3.05, 3.63) is 82.4 Å². The predicted molar refractivity (Wildman–Crippen MR) is 122 cm³/mol. The van der Waals surface area contributed by atoms with Crippen LogP contribution in [0.1, 0.15) is 32.0 Å². The van der Waals surface area contributed by atoms with Crippen molar-refractivity contribution >= 4 is 22.8 Å². The molecule has 0 fully saturated rings. The van der Waals surface area contributed by atoms with Gasteiger partial charge in [-0.15, -0.1) is 0 Å². The van der Waals surface area contributed by atoms with Crippen LogP contribution in [-0.4, -0.2) is 25.2 Å². The fraction of sp³-hybridized carbons (Fsp3) is 0.250. The molecule has 1 N–H and O–H groups in total. The van der Waals surface area contributed by atoms with Crippen LogP contribution in [0, 0.1) is 6.92 Å². The fourth-order valence-corrected chi connectivity index (χ4v) is 3.40. The van der Waals surface area contributed by atoms with Crippen LogP contribution < -0.4 is 10.9 Å². The number of fused-ring (bicyclic) bond motifs is 1. The second kappa shape index (κ2) is 7.83. The molecule has 0 aliphatic rings. The van der Waals surface area contributed by atoms with Crippen molar-refractivity contribution in [2.24, 2.45) is 0 Å².